The number of hydrogen-bond donors (Lipinski definition) is 2. The molecule has 0 radical (unpaired) electrons. The molecule has 5 nitrogen and oxygen atoms in total. The van der Waals surface area contributed by atoms with Gasteiger partial charge >= 0.3 is 0 Å². The van der Waals surface area contributed by atoms with Crippen LogP contribution in [0.5, 0.6) is 0 Å². The van der Waals surface area contributed by atoms with E-state index in [1.165, 1.54) is 28.0 Å². The lowest BCUT2D eigenvalue weighted by Gasteiger charge is -2.27. The van der Waals surface area contributed by atoms with Crippen LogP contribution < -0.4 is 5.32 Å². The molecule has 3 heterocycles. The molecule has 0 atom stereocenters. The Balaban J connectivity index is 1.31. The van der Waals surface area contributed by atoms with Crippen LogP contribution >= 0.6 is 11.3 Å². The molecule has 1 aliphatic heterocycles. The molecule has 0 bridgehead atoms. The van der Waals surface area contributed by atoms with Crippen LogP contribution in [-0.2, 0) is 13.0 Å². The highest BCUT2D eigenvalue weighted by Gasteiger charge is 2.24. The molecule has 0 aliphatic carbocycles. The smallest absolute Gasteiger partial charge is 0.265 e. The average molecular weight is 401 g/mol. The summed E-state index contributed by atoms with van der Waals surface area (Å²) in [5.74, 6) is -0.126. The third kappa shape index (κ3) is 3.32. The van der Waals surface area contributed by atoms with Gasteiger partial charge in [-0.2, -0.15) is 0 Å². The fourth-order valence-corrected chi connectivity index (χ4v) is 4.44. The van der Waals surface area contributed by atoms with E-state index in [2.05, 4.69) is 22.4 Å². The number of benzene rings is 2. The number of fused-ring (bicyclic) bond motifs is 3. The van der Waals surface area contributed by atoms with Gasteiger partial charge in [0.1, 0.15) is 0 Å². The van der Waals surface area contributed by atoms with E-state index >= 15 is 0 Å². The van der Waals surface area contributed by atoms with Gasteiger partial charge in [0, 0.05) is 52.9 Å². The first-order valence-electron chi connectivity index (χ1n) is 9.52. The van der Waals surface area contributed by atoms with Crippen molar-refractivity contribution in [2.75, 3.05) is 11.9 Å². The summed E-state index contributed by atoms with van der Waals surface area (Å²) in [6.45, 7) is 1.30. The first-order valence-corrected chi connectivity index (χ1v) is 10.4. The summed E-state index contributed by atoms with van der Waals surface area (Å²) in [6.07, 6.45) is 0.824. The minimum absolute atomic E-state index is 0.0112. The molecule has 0 spiro atoms. The molecule has 1 aliphatic rings. The van der Waals surface area contributed by atoms with Crippen LogP contribution in [0.4, 0.5) is 5.69 Å². The first kappa shape index (κ1) is 17.7. The fraction of sp³-hybridized carbons (Fsp3) is 0.130. The minimum Gasteiger partial charge on any atom is -0.358 e. The van der Waals surface area contributed by atoms with Gasteiger partial charge in [0.15, 0.2) is 0 Å². The number of carbonyl (C=O) groups is 2. The van der Waals surface area contributed by atoms with Crippen molar-refractivity contribution in [3.63, 3.8) is 0 Å². The zero-order chi connectivity index (χ0) is 19.8. The fourth-order valence-electron chi connectivity index (χ4n) is 3.82. The number of rotatable bonds is 3. The molecule has 6 heteroatoms. The molecule has 144 valence electrons. The molecule has 2 N–H and O–H groups in total. The summed E-state index contributed by atoms with van der Waals surface area (Å²) in [4.78, 5) is 31.2. The summed E-state index contributed by atoms with van der Waals surface area (Å²) < 4.78 is 0. The van der Waals surface area contributed by atoms with Crippen LogP contribution in [0.2, 0.25) is 0 Å². The number of nitrogens with one attached hydrogen (secondary N) is 2. The van der Waals surface area contributed by atoms with E-state index in [1.54, 1.807) is 30.3 Å². The Bertz CT molecular complexity index is 1190. The molecular formula is C23H19N3O2S. The summed E-state index contributed by atoms with van der Waals surface area (Å²) in [7, 11) is 0. The van der Waals surface area contributed by atoms with Crippen molar-refractivity contribution >= 4 is 39.7 Å². The number of para-hydroxylation sites is 1. The lowest BCUT2D eigenvalue weighted by atomic mass is 10.0. The van der Waals surface area contributed by atoms with Crippen LogP contribution in [-0.4, -0.2) is 28.2 Å². The highest BCUT2D eigenvalue weighted by Crippen LogP contribution is 2.28. The zero-order valence-corrected chi connectivity index (χ0v) is 16.5. The molecule has 0 saturated heterocycles. The van der Waals surface area contributed by atoms with Crippen LogP contribution in [0.15, 0.2) is 66.0 Å². The van der Waals surface area contributed by atoms with Gasteiger partial charge in [-0.25, -0.2) is 0 Å². The van der Waals surface area contributed by atoms with E-state index in [4.69, 9.17) is 0 Å². The molecule has 0 saturated carbocycles. The molecule has 2 aromatic carbocycles. The molecule has 29 heavy (non-hydrogen) atoms. The van der Waals surface area contributed by atoms with Gasteiger partial charge in [-0.15, -0.1) is 11.3 Å². The van der Waals surface area contributed by atoms with Gasteiger partial charge in [-0.3, -0.25) is 9.59 Å². The van der Waals surface area contributed by atoms with Crippen molar-refractivity contribution in [3.05, 3.63) is 87.7 Å². The van der Waals surface area contributed by atoms with Gasteiger partial charge in [-0.1, -0.05) is 24.3 Å². The standard InChI is InChI=1S/C23H19N3O2S/c27-22(21-6-3-13-29-21)24-16-9-7-15(8-10-16)23(28)26-12-11-20-18(14-26)17-4-1-2-5-19(17)25-20/h1-10,13,25H,11-12,14H2,(H,24,27). The average Bonchev–Trinajstić information content (AvgIpc) is 3.41. The lowest BCUT2D eigenvalue weighted by Crippen LogP contribution is -2.35. The number of aromatic amines is 1. The van der Waals surface area contributed by atoms with Crippen molar-refractivity contribution in [2.45, 2.75) is 13.0 Å². The largest absolute Gasteiger partial charge is 0.358 e. The highest BCUT2D eigenvalue weighted by molar-refractivity contribution is 7.12. The Morgan fingerprint density at radius 2 is 1.83 bits per heavy atom. The second-order valence-electron chi connectivity index (χ2n) is 7.11. The predicted octanol–water partition coefficient (Wildman–Crippen LogP) is 4.68. The Hall–Kier alpha value is -3.38. The summed E-state index contributed by atoms with van der Waals surface area (Å²) in [5, 5.41) is 5.92. The van der Waals surface area contributed by atoms with E-state index in [-0.39, 0.29) is 11.8 Å². The molecule has 2 amide bonds. The van der Waals surface area contributed by atoms with Gasteiger partial charge in [0.25, 0.3) is 11.8 Å². The molecule has 4 aromatic rings. The monoisotopic (exact) mass is 401 g/mol. The maximum atomic E-state index is 13.0. The quantitative estimate of drug-likeness (QED) is 0.523. The second kappa shape index (κ2) is 7.22. The van der Waals surface area contributed by atoms with Gasteiger partial charge < -0.3 is 15.2 Å². The lowest BCUT2D eigenvalue weighted by molar-refractivity contribution is 0.0735. The molecule has 0 fully saturated rings. The number of H-pyrrole nitrogens is 1. The summed E-state index contributed by atoms with van der Waals surface area (Å²) in [5.41, 5.74) is 4.86. The molecular weight excluding hydrogens is 382 g/mol. The van der Waals surface area contributed by atoms with Gasteiger partial charge in [0.05, 0.1) is 4.88 Å². The summed E-state index contributed by atoms with van der Waals surface area (Å²) >= 11 is 1.40. The highest BCUT2D eigenvalue weighted by atomic mass is 32.1. The van der Waals surface area contributed by atoms with E-state index in [1.807, 2.05) is 28.5 Å². The van der Waals surface area contributed by atoms with E-state index in [0.29, 0.717) is 29.2 Å². The maximum absolute atomic E-state index is 13.0. The van der Waals surface area contributed by atoms with Crippen molar-refractivity contribution in [1.82, 2.24) is 9.88 Å². The van der Waals surface area contributed by atoms with Crippen LogP contribution in [0.25, 0.3) is 10.9 Å². The van der Waals surface area contributed by atoms with Gasteiger partial charge in [-0.05, 0) is 41.8 Å². The predicted molar refractivity (Wildman–Crippen MR) is 115 cm³/mol. The van der Waals surface area contributed by atoms with E-state index < -0.39 is 0 Å². The van der Waals surface area contributed by atoms with Crippen LogP contribution in [0.1, 0.15) is 31.3 Å². The van der Waals surface area contributed by atoms with Crippen molar-refractivity contribution in [1.29, 1.82) is 0 Å². The Labute approximate surface area is 172 Å². The SMILES string of the molecule is O=C(Nc1ccc(C(=O)N2CCc3[nH]c4ccccc4c3C2)cc1)c1cccs1. The van der Waals surface area contributed by atoms with Crippen LogP contribution in [0, 0.1) is 0 Å². The van der Waals surface area contributed by atoms with Gasteiger partial charge in [0.2, 0.25) is 0 Å². The topological polar surface area (TPSA) is 65.2 Å². The number of nitrogens with zero attached hydrogens (tertiary/aromatic N) is 1. The number of thiophene rings is 1. The minimum atomic E-state index is -0.137. The second-order valence-corrected chi connectivity index (χ2v) is 8.06. The molecule has 5 rings (SSSR count). The number of aromatic nitrogens is 1. The number of anilines is 1. The number of carbonyl (C=O) groups excluding carboxylic acids is 2. The van der Waals surface area contributed by atoms with Crippen molar-refractivity contribution in [2.24, 2.45) is 0 Å². The third-order valence-corrected chi connectivity index (χ3v) is 6.17. The van der Waals surface area contributed by atoms with Crippen LogP contribution in [0.3, 0.4) is 0 Å². The number of amides is 2. The number of hydrogen-bond acceptors (Lipinski definition) is 3. The van der Waals surface area contributed by atoms with E-state index in [9.17, 15) is 9.59 Å². The zero-order valence-electron chi connectivity index (χ0n) is 15.6. The Kier molecular flexibility index (Phi) is 4.41. The maximum Gasteiger partial charge on any atom is 0.265 e. The Morgan fingerprint density at radius 1 is 1.00 bits per heavy atom. The first-order chi connectivity index (χ1) is 14.2. The third-order valence-electron chi connectivity index (χ3n) is 5.30. The molecule has 2 aromatic heterocycles. The Morgan fingerprint density at radius 3 is 2.62 bits per heavy atom. The van der Waals surface area contributed by atoms with E-state index in [0.717, 1.165) is 11.9 Å². The molecule has 0 unspecified atom stereocenters. The normalized spacial score (nSPS) is 13.3. The van der Waals surface area contributed by atoms with Crippen molar-refractivity contribution < 1.29 is 9.59 Å². The van der Waals surface area contributed by atoms with Crippen molar-refractivity contribution in [3.8, 4) is 0 Å². The summed E-state index contributed by atoms with van der Waals surface area (Å²) in [6, 6.07) is 19.0.